The zero-order chi connectivity index (χ0) is 30.0. The lowest BCUT2D eigenvalue weighted by Crippen LogP contribution is -2.48. The number of halogens is 1. The smallest absolute Gasteiger partial charge is 0.185 e. The van der Waals surface area contributed by atoms with E-state index in [1.165, 1.54) is 7.11 Å². The molecule has 0 bridgehead atoms. The Kier molecular flexibility index (Phi) is 6.29. The molecule has 0 aromatic heterocycles. The number of ketones is 3. The van der Waals surface area contributed by atoms with Crippen molar-refractivity contribution in [3.63, 3.8) is 0 Å². The molecule has 3 atom stereocenters. The van der Waals surface area contributed by atoms with E-state index in [9.17, 15) is 14.4 Å². The van der Waals surface area contributed by atoms with E-state index < -0.39 is 23.4 Å². The Balaban J connectivity index is 1.57. The van der Waals surface area contributed by atoms with Crippen LogP contribution in [-0.4, -0.2) is 43.7 Å². The number of hydrogen-bond donors (Lipinski definition) is 0. The van der Waals surface area contributed by atoms with Crippen LogP contribution in [0.5, 0.6) is 11.5 Å². The molecule has 0 radical (unpaired) electrons. The van der Waals surface area contributed by atoms with Crippen LogP contribution in [0.3, 0.4) is 0 Å². The first-order chi connectivity index (χ1) is 20.8. The number of rotatable bonds is 5. The molecule has 2 heterocycles. The highest BCUT2D eigenvalue weighted by atomic mass is 35.5. The van der Waals surface area contributed by atoms with Crippen molar-refractivity contribution in [2.24, 2.45) is 5.41 Å². The molecule has 214 valence electrons. The van der Waals surface area contributed by atoms with Crippen LogP contribution in [0.25, 0.3) is 6.08 Å². The summed E-state index contributed by atoms with van der Waals surface area (Å²) in [7, 11) is 3.09. The summed E-state index contributed by atoms with van der Waals surface area (Å²) >= 11 is 6.39. The molecule has 0 saturated carbocycles. The number of carbonyl (C=O) groups is 3. The summed E-state index contributed by atoms with van der Waals surface area (Å²) in [4.78, 5) is 46.5. The zero-order valence-corrected chi connectivity index (χ0v) is 24.6. The lowest BCUT2D eigenvalue weighted by molar-refractivity contribution is 0.0665. The van der Waals surface area contributed by atoms with Crippen LogP contribution in [0.2, 0.25) is 5.02 Å². The second-order valence-corrected chi connectivity index (χ2v) is 11.7. The minimum Gasteiger partial charge on any atom is -0.497 e. The molecule has 0 N–H and O–H groups in total. The zero-order valence-electron chi connectivity index (χ0n) is 23.8. The Labute approximate surface area is 254 Å². The Morgan fingerprint density at radius 1 is 0.860 bits per heavy atom. The molecule has 2 aliphatic heterocycles. The fourth-order valence-electron chi connectivity index (χ4n) is 7.26. The maximum Gasteiger partial charge on any atom is 0.185 e. The van der Waals surface area contributed by atoms with Gasteiger partial charge in [0, 0.05) is 44.9 Å². The number of methoxy groups -OCH3 is 2. The Hall–Kier alpha value is -4.68. The SMILES string of the molecule is COc1ccc(C2C(C(=O)c3ccc(C)cc3)N3c4ccc(Cl)cc4C=CC3C23C(=O)c2ccccc2C3=O)c(OC)c1. The molecule has 7 heteroatoms. The summed E-state index contributed by atoms with van der Waals surface area (Å²) in [5.74, 6) is -0.705. The van der Waals surface area contributed by atoms with Crippen molar-refractivity contribution in [1.82, 2.24) is 0 Å². The van der Waals surface area contributed by atoms with E-state index in [4.69, 9.17) is 21.1 Å². The summed E-state index contributed by atoms with van der Waals surface area (Å²) in [6.45, 7) is 1.96. The van der Waals surface area contributed by atoms with Crippen LogP contribution in [-0.2, 0) is 0 Å². The fourth-order valence-corrected chi connectivity index (χ4v) is 7.44. The standard InChI is InChI=1S/C36H28ClNO5/c1-20-8-10-21(11-9-20)33(39)32-31(27-15-14-24(42-2)19-29(27)43-3)36(34(40)25-6-4-5-7-26(25)35(36)41)30-17-12-22-18-23(37)13-16-28(22)38(30)32/h4-19,30-32H,1-3H3. The first-order valence-electron chi connectivity index (χ1n) is 14.1. The van der Waals surface area contributed by atoms with Crippen LogP contribution >= 0.6 is 11.6 Å². The molecule has 1 spiro atoms. The summed E-state index contributed by atoms with van der Waals surface area (Å²) in [5, 5.41) is 0.547. The Morgan fingerprint density at radius 3 is 2.21 bits per heavy atom. The summed E-state index contributed by atoms with van der Waals surface area (Å²) in [6, 6.07) is 23.4. The van der Waals surface area contributed by atoms with Gasteiger partial charge in [0.15, 0.2) is 17.3 Å². The molecule has 7 rings (SSSR count). The van der Waals surface area contributed by atoms with Crippen molar-refractivity contribution in [3.8, 4) is 11.5 Å². The molecule has 3 unspecified atom stereocenters. The summed E-state index contributed by atoms with van der Waals surface area (Å²) < 4.78 is 11.3. The normalized spacial score (nSPS) is 21.0. The van der Waals surface area contributed by atoms with Gasteiger partial charge in [-0.05, 0) is 36.8 Å². The second-order valence-electron chi connectivity index (χ2n) is 11.2. The van der Waals surface area contributed by atoms with Crippen molar-refractivity contribution < 1.29 is 23.9 Å². The van der Waals surface area contributed by atoms with Gasteiger partial charge >= 0.3 is 0 Å². The largest absolute Gasteiger partial charge is 0.497 e. The van der Waals surface area contributed by atoms with Gasteiger partial charge in [0.05, 0.1) is 20.3 Å². The molecule has 1 saturated heterocycles. The lowest BCUT2D eigenvalue weighted by Gasteiger charge is -2.37. The molecule has 4 aromatic rings. The highest BCUT2D eigenvalue weighted by Gasteiger charge is 2.72. The van der Waals surface area contributed by atoms with Crippen LogP contribution in [0.15, 0.2) is 91.0 Å². The van der Waals surface area contributed by atoms with Gasteiger partial charge in [0.25, 0.3) is 0 Å². The van der Waals surface area contributed by atoms with Gasteiger partial charge < -0.3 is 14.4 Å². The third kappa shape index (κ3) is 3.76. The van der Waals surface area contributed by atoms with E-state index >= 15 is 0 Å². The first-order valence-corrected chi connectivity index (χ1v) is 14.5. The number of ether oxygens (including phenoxy) is 2. The highest BCUT2D eigenvalue weighted by molar-refractivity contribution is 6.33. The minimum atomic E-state index is -1.63. The maximum absolute atomic E-state index is 14.8. The predicted octanol–water partition coefficient (Wildman–Crippen LogP) is 6.98. The molecule has 0 amide bonds. The molecule has 4 aromatic carbocycles. The van der Waals surface area contributed by atoms with Crippen molar-refractivity contribution in [2.45, 2.75) is 24.9 Å². The Morgan fingerprint density at radius 2 is 1.56 bits per heavy atom. The van der Waals surface area contributed by atoms with Crippen molar-refractivity contribution in [1.29, 1.82) is 0 Å². The molecular formula is C36H28ClNO5. The minimum absolute atomic E-state index is 0.197. The number of hydrogen-bond acceptors (Lipinski definition) is 6. The van der Waals surface area contributed by atoms with E-state index in [1.54, 1.807) is 61.7 Å². The average Bonchev–Trinajstić information content (AvgIpc) is 3.46. The molecule has 6 nitrogen and oxygen atoms in total. The second kappa shape index (κ2) is 9.96. The van der Waals surface area contributed by atoms with E-state index in [2.05, 4.69) is 0 Å². The van der Waals surface area contributed by atoms with Gasteiger partial charge in [-0.2, -0.15) is 0 Å². The number of Topliss-reactive ketones (excluding diaryl/α,β-unsaturated/α-hetero) is 3. The number of benzene rings is 4. The summed E-state index contributed by atoms with van der Waals surface area (Å²) in [5.41, 5.74) is 2.72. The van der Waals surface area contributed by atoms with E-state index in [0.717, 1.165) is 16.8 Å². The van der Waals surface area contributed by atoms with E-state index in [0.29, 0.717) is 38.8 Å². The van der Waals surface area contributed by atoms with Gasteiger partial charge in [-0.3, -0.25) is 14.4 Å². The van der Waals surface area contributed by atoms with Crippen molar-refractivity contribution >= 4 is 40.7 Å². The number of fused-ring (bicyclic) bond motifs is 5. The third-order valence-electron chi connectivity index (χ3n) is 9.15. The Bertz CT molecular complexity index is 1830. The van der Waals surface area contributed by atoms with Crippen LogP contribution in [0.1, 0.15) is 53.7 Å². The van der Waals surface area contributed by atoms with Gasteiger partial charge in [-0.25, -0.2) is 0 Å². The molecule has 3 aliphatic rings. The maximum atomic E-state index is 14.8. The third-order valence-corrected chi connectivity index (χ3v) is 9.38. The quantitative estimate of drug-likeness (QED) is 0.185. The number of carbonyl (C=O) groups excluding carboxylic acids is 3. The number of nitrogens with zero attached hydrogens (tertiary/aromatic N) is 1. The van der Waals surface area contributed by atoms with Gasteiger partial charge in [0.1, 0.15) is 23.0 Å². The number of anilines is 1. The topological polar surface area (TPSA) is 72.9 Å². The van der Waals surface area contributed by atoms with Crippen LogP contribution in [0, 0.1) is 12.3 Å². The van der Waals surface area contributed by atoms with Gasteiger partial charge in [-0.15, -0.1) is 0 Å². The number of aryl methyl sites for hydroxylation is 1. The monoisotopic (exact) mass is 589 g/mol. The van der Waals surface area contributed by atoms with Crippen molar-refractivity contribution in [2.75, 3.05) is 19.1 Å². The van der Waals surface area contributed by atoms with Crippen LogP contribution in [0.4, 0.5) is 5.69 Å². The van der Waals surface area contributed by atoms with E-state index in [1.807, 2.05) is 54.3 Å². The predicted molar refractivity (Wildman–Crippen MR) is 166 cm³/mol. The highest BCUT2D eigenvalue weighted by Crippen LogP contribution is 2.62. The van der Waals surface area contributed by atoms with Gasteiger partial charge in [0.2, 0.25) is 0 Å². The molecule has 1 aliphatic carbocycles. The van der Waals surface area contributed by atoms with Crippen LogP contribution < -0.4 is 14.4 Å². The lowest BCUT2D eigenvalue weighted by atomic mass is 9.64. The average molecular weight is 590 g/mol. The first kappa shape index (κ1) is 27.2. The molecule has 1 fully saturated rings. The van der Waals surface area contributed by atoms with E-state index in [-0.39, 0.29) is 17.3 Å². The van der Waals surface area contributed by atoms with Gasteiger partial charge in [-0.1, -0.05) is 83.9 Å². The molecular weight excluding hydrogens is 562 g/mol. The van der Waals surface area contributed by atoms with Crippen molar-refractivity contribution in [3.05, 3.63) is 129 Å². The molecule has 43 heavy (non-hydrogen) atoms. The summed E-state index contributed by atoms with van der Waals surface area (Å²) in [6.07, 6.45) is 3.78. The fraction of sp³-hybridized carbons (Fsp3) is 0.194.